The average Bonchev–Trinajstić information content (AvgIpc) is 1.99. The molecule has 2 aliphatic rings. The Labute approximate surface area is 85.1 Å². The third-order valence-electron chi connectivity index (χ3n) is 3.91. The van der Waals surface area contributed by atoms with Gasteiger partial charge in [-0.1, -0.05) is 6.42 Å². The average molecular weight is 197 g/mol. The summed E-state index contributed by atoms with van der Waals surface area (Å²) in [6.07, 6.45) is 5.03. The van der Waals surface area contributed by atoms with E-state index >= 15 is 0 Å². The van der Waals surface area contributed by atoms with Crippen molar-refractivity contribution in [2.24, 2.45) is 5.92 Å². The molecule has 0 radical (unpaired) electrons. The van der Waals surface area contributed by atoms with Gasteiger partial charge in [0.05, 0.1) is 11.6 Å². The maximum Gasteiger partial charge on any atom is 0.225 e. The predicted octanol–water partition coefficient (Wildman–Crippen LogP) is 1.16. The first kappa shape index (κ1) is 9.97. The van der Waals surface area contributed by atoms with E-state index in [0.717, 1.165) is 25.7 Å². The lowest BCUT2D eigenvalue weighted by Crippen LogP contribution is -2.60. The molecule has 2 saturated carbocycles. The van der Waals surface area contributed by atoms with E-state index in [1.165, 1.54) is 6.42 Å². The van der Waals surface area contributed by atoms with Crippen LogP contribution in [0.3, 0.4) is 0 Å². The fourth-order valence-corrected chi connectivity index (χ4v) is 2.40. The molecule has 3 heteroatoms. The SMILES string of the molecule is CN(C(=O)C1CCC1)[C@@H]1CC[C@@]1(C)O. The summed E-state index contributed by atoms with van der Waals surface area (Å²) in [7, 11) is 1.83. The maximum atomic E-state index is 11.9. The van der Waals surface area contributed by atoms with Crippen molar-refractivity contribution < 1.29 is 9.90 Å². The van der Waals surface area contributed by atoms with Crippen LogP contribution in [-0.2, 0) is 4.79 Å². The van der Waals surface area contributed by atoms with E-state index in [1.807, 2.05) is 14.0 Å². The summed E-state index contributed by atoms with van der Waals surface area (Å²) < 4.78 is 0. The van der Waals surface area contributed by atoms with Gasteiger partial charge in [-0.3, -0.25) is 4.79 Å². The van der Waals surface area contributed by atoms with Crippen molar-refractivity contribution in [1.82, 2.24) is 4.90 Å². The van der Waals surface area contributed by atoms with E-state index in [0.29, 0.717) is 0 Å². The Balaban J connectivity index is 1.94. The van der Waals surface area contributed by atoms with Gasteiger partial charge in [0.15, 0.2) is 0 Å². The van der Waals surface area contributed by atoms with E-state index in [-0.39, 0.29) is 17.9 Å². The van der Waals surface area contributed by atoms with Crippen molar-refractivity contribution in [2.75, 3.05) is 7.05 Å². The Bertz CT molecular complexity index is 246. The van der Waals surface area contributed by atoms with Crippen molar-refractivity contribution >= 4 is 5.91 Å². The lowest BCUT2D eigenvalue weighted by Gasteiger charge is -2.48. The molecule has 0 heterocycles. The summed E-state index contributed by atoms with van der Waals surface area (Å²) >= 11 is 0. The van der Waals surface area contributed by atoms with Gasteiger partial charge in [0.25, 0.3) is 0 Å². The molecular formula is C11H19NO2. The van der Waals surface area contributed by atoms with Crippen LogP contribution in [0.4, 0.5) is 0 Å². The number of nitrogens with zero attached hydrogens (tertiary/aromatic N) is 1. The van der Waals surface area contributed by atoms with Crippen LogP contribution in [0.25, 0.3) is 0 Å². The van der Waals surface area contributed by atoms with Crippen molar-refractivity contribution in [3.05, 3.63) is 0 Å². The van der Waals surface area contributed by atoms with Crippen LogP contribution < -0.4 is 0 Å². The second kappa shape index (κ2) is 3.23. The van der Waals surface area contributed by atoms with Gasteiger partial charge < -0.3 is 10.0 Å². The molecule has 1 amide bonds. The second-order valence-electron chi connectivity index (χ2n) is 4.99. The maximum absolute atomic E-state index is 11.9. The van der Waals surface area contributed by atoms with Crippen LogP contribution in [0.1, 0.15) is 39.0 Å². The van der Waals surface area contributed by atoms with Crippen LogP contribution in [0.15, 0.2) is 0 Å². The Kier molecular flexibility index (Phi) is 2.30. The normalized spacial score (nSPS) is 37.2. The van der Waals surface area contributed by atoms with Gasteiger partial charge in [-0.25, -0.2) is 0 Å². The van der Waals surface area contributed by atoms with Crippen LogP contribution >= 0.6 is 0 Å². The first-order valence-electron chi connectivity index (χ1n) is 5.51. The standard InChI is InChI=1S/C11H19NO2/c1-11(14)7-6-9(11)12(2)10(13)8-4-3-5-8/h8-9,14H,3-7H2,1-2H3/t9-,11-/m1/s1. The zero-order chi connectivity index (χ0) is 10.3. The molecule has 2 atom stereocenters. The fraction of sp³-hybridized carbons (Fsp3) is 0.909. The summed E-state index contributed by atoms with van der Waals surface area (Å²) in [5.74, 6) is 0.484. The minimum atomic E-state index is -0.645. The van der Waals surface area contributed by atoms with Gasteiger partial charge >= 0.3 is 0 Å². The number of likely N-dealkylation sites (N-methyl/N-ethyl adjacent to an activating group) is 1. The summed E-state index contributed by atoms with van der Waals surface area (Å²) in [4.78, 5) is 13.6. The lowest BCUT2D eigenvalue weighted by atomic mass is 9.74. The van der Waals surface area contributed by atoms with Crippen LogP contribution in [0.2, 0.25) is 0 Å². The molecular weight excluding hydrogens is 178 g/mol. The number of hydrogen-bond donors (Lipinski definition) is 1. The van der Waals surface area contributed by atoms with Gasteiger partial charge in [-0.15, -0.1) is 0 Å². The number of amides is 1. The quantitative estimate of drug-likeness (QED) is 0.721. The van der Waals surface area contributed by atoms with Crippen LogP contribution in [0.5, 0.6) is 0 Å². The fourth-order valence-electron chi connectivity index (χ4n) is 2.40. The summed E-state index contributed by atoms with van der Waals surface area (Å²) in [5.41, 5.74) is -0.645. The van der Waals surface area contributed by atoms with Gasteiger partial charge in [0.2, 0.25) is 5.91 Å². The molecule has 0 aromatic rings. The first-order valence-corrected chi connectivity index (χ1v) is 5.51. The van der Waals surface area contributed by atoms with Gasteiger partial charge in [-0.05, 0) is 32.6 Å². The third kappa shape index (κ3) is 1.44. The molecule has 0 aromatic carbocycles. The highest BCUT2D eigenvalue weighted by molar-refractivity contribution is 5.79. The van der Waals surface area contributed by atoms with Gasteiger partial charge in [0.1, 0.15) is 0 Å². The smallest absolute Gasteiger partial charge is 0.225 e. The highest BCUT2D eigenvalue weighted by atomic mass is 16.3. The zero-order valence-corrected chi connectivity index (χ0v) is 8.99. The molecule has 0 bridgehead atoms. The van der Waals surface area contributed by atoms with E-state index < -0.39 is 5.60 Å². The molecule has 80 valence electrons. The highest BCUT2D eigenvalue weighted by Gasteiger charge is 2.46. The Morgan fingerprint density at radius 2 is 2.07 bits per heavy atom. The van der Waals surface area contributed by atoms with Crippen LogP contribution in [-0.4, -0.2) is 34.6 Å². The molecule has 3 nitrogen and oxygen atoms in total. The molecule has 0 unspecified atom stereocenters. The number of carbonyl (C=O) groups excluding carboxylic acids is 1. The lowest BCUT2D eigenvalue weighted by molar-refractivity contribution is -0.154. The molecule has 2 fully saturated rings. The van der Waals surface area contributed by atoms with Crippen molar-refractivity contribution in [3.8, 4) is 0 Å². The monoisotopic (exact) mass is 197 g/mol. The minimum absolute atomic E-state index is 0.0515. The van der Waals surface area contributed by atoms with E-state index in [2.05, 4.69) is 0 Å². The summed E-state index contributed by atoms with van der Waals surface area (Å²) in [6.45, 7) is 1.83. The Morgan fingerprint density at radius 3 is 2.36 bits per heavy atom. The number of hydrogen-bond acceptors (Lipinski definition) is 2. The zero-order valence-electron chi connectivity index (χ0n) is 8.99. The van der Waals surface area contributed by atoms with Gasteiger partial charge in [0, 0.05) is 13.0 Å². The molecule has 0 aromatic heterocycles. The van der Waals surface area contributed by atoms with Crippen LogP contribution in [0, 0.1) is 5.92 Å². The highest BCUT2D eigenvalue weighted by Crippen LogP contribution is 2.37. The molecule has 1 N–H and O–H groups in total. The van der Waals surface area contributed by atoms with Crippen molar-refractivity contribution in [3.63, 3.8) is 0 Å². The summed E-state index contributed by atoms with van der Waals surface area (Å²) in [5, 5.41) is 9.87. The summed E-state index contributed by atoms with van der Waals surface area (Å²) in [6, 6.07) is 0.0515. The Hall–Kier alpha value is -0.570. The molecule has 2 aliphatic carbocycles. The largest absolute Gasteiger partial charge is 0.388 e. The Morgan fingerprint density at radius 1 is 1.43 bits per heavy atom. The second-order valence-corrected chi connectivity index (χ2v) is 4.99. The molecule has 0 saturated heterocycles. The molecule has 0 spiro atoms. The predicted molar refractivity (Wildman–Crippen MR) is 53.8 cm³/mol. The van der Waals surface area contributed by atoms with E-state index in [4.69, 9.17) is 0 Å². The number of carbonyl (C=O) groups is 1. The molecule has 14 heavy (non-hydrogen) atoms. The minimum Gasteiger partial charge on any atom is -0.388 e. The molecule has 0 aliphatic heterocycles. The first-order chi connectivity index (χ1) is 6.52. The van der Waals surface area contributed by atoms with E-state index in [1.54, 1.807) is 4.90 Å². The van der Waals surface area contributed by atoms with E-state index in [9.17, 15) is 9.90 Å². The number of aliphatic hydroxyl groups is 1. The third-order valence-corrected chi connectivity index (χ3v) is 3.91. The molecule has 2 rings (SSSR count). The van der Waals surface area contributed by atoms with Crippen molar-refractivity contribution in [1.29, 1.82) is 0 Å². The van der Waals surface area contributed by atoms with Gasteiger partial charge in [-0.2, -0.15) is 0 Å². The number of rotatable bonds is 2. The van der Waals surface area contributed by atoms with Crippen molar-refractivity contribution in [2.45, 2.75) is 50.7 Å². The topological polar surface area (TPSA) is 40.5 Å².